The summed E-state index contributed by atoms with van der Waals surface area (Å²) >= 11 is 1.68. The van der Waals surface area contributed by atoms with E-state index in [4.69, 9.17) is 9.47 Å². The quantitative estimate of drug-likeness (QED) is 0.593. The molecule has 166 valence electrons. The van der Waals surface area contributed by atoms with E-state index in [9.17, 15) is 14.0 Å². The lowest BCUT2D eigenvalue weighted by molar-refractivity contribution is -0.144. The molecule has 4 rings (SSSR count). The average molecular weight is 447 g/mol. The van der Waals surface area contributed by atoms with E-state index in [1.807, 2.05) is 16.3 Å². The second-order valence-corrected chi connectivity index (χ2v) is 9.07. The number of ether oxygens (including phenoxy) is 2. The zero-order valence-corrected chi connectivity index (χ0v) is 18.4. The monoisotopic (exact) mass is 446 g/mol. The highest BCUT2D eigenvalue weighted by Crippen LogP contribution is 2.34. The summed E-state index contributed by atoms with van der Waals surface area (Å²) in [5, 5.41) is 2.03. The van der Waals surface area contributed by atoms with E-state index in [1.165, 1.54) is 24.1 Å². The first-order valence-corrected chi connectivity index (χ1v) is 11.4. The summed E-state index contributed by atoms with van der Waals surface area (Å²) in [6.07, 6.45) is 2.99. The molecular formula is C23H27FN2O4S. The van der Waals surface area contributed by atoms with Gasteiger partial charge in [-0.25, -0.2) is 4.39 Å². The van der Waals surface area contributed by atoms with Crippen LogP contribution in [-0.4, -0.2) is 61.6 Å². The van der Waals surface area contributed by atoms with Crippen LogP contribution in [0.5, 0.6) is 5.75 Å². The fraction of sp³-hybridized carbons (Fsp3) is 0.478. The Morgan fingerprint density at radius 1 is 1.23 bits per heavy atom. The third kappa shape index (κ3) is 5.43. The van der Waals surface area contributed by atoms with Crippen molar-refractivity contribution in [3.05, 3.63) is 52.0 Å². The van der Waals surface area contributed by atoms with E-state index in [0.29, 0.717) is 24.8 Å². The number of halogens is 1. The minimum absolute atomic E-state index is 0.0220. The van der Waals surface area contributed by atoms with Crippen molar-refractivity contribution in [1.82, 2.24) is 9.80 Å². The topological polar surface area (TPSA) is 59.1 Å². The maximum atomic E-state index is 13.3. The highest BCUT2D eigenvalue weighted by Gasteiger charge is 2.34. The molecule has 0 N–H and O–H groups in total. The zero-order chi connectivity index (χ0) is 21.8. The molecule has 0 unspecified atom stereocenters. The molecule has 1 atom stereocenters. The molecule has 1 aromatic carbocycles. The molecule has 2 aliphatic rings. The fourth-order valence-corrected chi connectivity index (χ4v) is 4.84. The third-order valence-corrected chi connectivity index (χ3v) is 6.76. The van der Waals surface area contributed by atoms with Gasteiger partial charge < -0.3 is 19.3 Å². The molecule has 1 aromatic heterocycles. The van der Waals surface area contributed by atoms with Gasteiger partial charge in [-0.3, -0.25) is 9.59 Å². The standard InChI is InChI=1S/C23H27FN2O4S/c1-29-15-23(28)25(12-16-2-3-16)13-22(27)26-10-8-21-19(9-11-31-21)20(26)14-30-18-6-4-17(24)5-7-18/h4-7,9,11,16,20H,2-3,8,10,12-15H2,1H3/t20-/m1/s1. The molecule has 1 aliphatic carbocycles. The molecule has 6 nitrogen and oxygen atoms in total. The smallest absolute Gasteiger partial charge is 0.249 e. The van der Waals surface area contributed by atoms with Crippen molar-refractivity contribution >= 4 is 23.2 Å². The fourth-order valence-electron chi connectivity index (χ4n) is 3.92. The Morgan fingerprint density at radius 2 is 2.00 bits per heavy atom. The Kier molecular flexibility index (Phi) is 6.87. The van der Waals surface area contributed by atoms with Crippen LogP contribution in [0.3, 0.4) is 0 Å². The van der Waals surface area contributed by atoms with Gasteiger partial charge in [0.05, 0.1) is 12.6 Å². The number of methoxy groups -OCH3 is 1. The number of fused-ring (bicyclic) bond motifs is 1. The lowest BCUT2D eigenvalue weighted by atomic mass is 10.0. The Hall–Kier alpha value is -2.45. The second kappa shape index (κ2) is 9.78. The van der Waals surface area contributed by atoms with Gasteiger partial charge >= 0.3 is 0 Å². The molecule has 1 fully saturated rings. The van der Waals surface area contributed by atoms with Crippen molar-refractivity contribution in [2.45, 2.75) is 25.3 Å². The van der Waals surface area contributed by atoms with Crippen LogP contribution in [-0.2, 0) is 20.7 Å². The minimum atomic E-state index is -0.321. The Bertz CT molecular complexity index is 913. The SMILES string of the molecule is COCC(=O)N(CC(=O)N1CCc2sccc2[C@H]1COc1ccc(F)cc1)CC1CC1. The van der Waals surface area contributed by atoms with Gasteiger partial charge in [-0.2, -0.15) is 0 Å². The van der Waals surface area contributed by atoms with E-state index in [-0.39, 0.29) is 43.4 Å². The second-order valence-electron chi connectivity index (χ2n) is 8.07. The van der Waals surface area contributed by atoms with Gasteiger partial charge in [-0.15, -0.1) is 11.3 Å². The van der Waals surface area contributed by atoms with Crippen molar-refractivity contribution in [3.63, 3.8) is 0 Å². The van der Waals surface area contributed by atoms with E-state index in [1.54, 1.807) is 28.4 Å². The van der Waals surface area contributed by atoms with E-state index >= 15 is 0 Å². The Labute approximate surface area is 185 Å². The van der Waals surface area contributed by atoms with E-state index in [2.05, 4.69) is 0 Å². The Morgan fingerprint density at radius 3 is 2.71 bits per heavy atom. The first-order chi connectivity index (χ1) is 15.0. The van der Waals surface area contributed by atoms with Crippen molar-refractivity contribution in [2.24, 2.45) is 5.92 Å². The number of benzene rings is 1. The van der Waals surface area contributed by atoms with Crippen LogP contribution in [0.2, 0.25) is 0 Å². The lowest BCUT2D eigenvalue weighted by Gasteiger charge is -2.37. The van der Waals surface area contributed by atoms with Gasteiger partial charge in [-0.1, -0.05) is 0 Å². The summed E-state index contributed by atoms with van der Waals surface area (Å²) in [6.45, 7) is 1.48. The zero-order valence-electron chi connectivity index (χ0n) is 17.6. The van der Waals surface area contributed by atoms with Crippen LogP contribution >= 0.6 is 11.3 Å². The molecule has 2 amide bonds. The first kappa shape index (κ1) is 21.8. The number of amides is 2. The summed E-state index contributed by atoms with van der Waals surface area (Å²) in [5.74, 6) is 0.473. The summed E-state index contributed by atoms with van der Waals surface area (Å²) in [6, 6.07) is 7.67. The summed E-state index contributed by atoms with van der Waals surface area (Å²) in [7, 11) is 1.49. The third-order valence-electron chi connectivity index (χ3n) is 5.76. The average Bonchev–Trinajstić information content (AvgIpc) is 3.45. The minimum Gasteiger partial charge on any atom is -0.491 e. The van der Waals surface area contributed by atoms with Crippen molar-refractivity contribution in [1.29, 1.82) is 0 Å². The van der Waals surface area contributed by atoms with Gasteiger partial charge in [0.25, 0.3) is 0 Å². The van der Waals surface area contributed by atoms with Gasteiger partial charge in [0.1, 0.15) is 24.8 Å². The molecule has 1 saturated carbocycles. The number of carbonyl (C=O) groups is 2. The normalized spacial score (nSPS) is 17.9. The molecule has 0 bridgehead atoms. The predicted molar refractivity (Wildman–Crippen MR) is 116 cm³/mol. The van der Waals surface area contributed by atoms with Crippen LogP contribution in [0.1, 0.15) is 29.3 Å². The van der Waals surface area contributed by atoms with Crippen LogP contribution in [0.25, 0.3) is 0 Å². The molecule has 31 heavy (non-hydrogen) atoms. The van der Waals surface area contributed by atoms with Crippen LogP contribution in [0.15, 0.2) is 35.7 Å². The predicted octanol–water partition coefficient (Wildman–Crippen LogP) is 3.28. The van der Waals surface area contributed by atoms with Gasteiger partial charge in [0.2, 0.25) is 11.8 Å². The molecule has 8 heteroatoms. The molecule has 0 saturated heterocycles. The van der Waals surface area contributed by atoms with E-state index < -0.39 is 0 Å². The number of thiophene rings is 1. The van der Waals surface area contributed by atoms with Crippen molar-refractivity contribution < 1.29 is 23.5 Å². The number of hydrogen-bond acceptors (Lipinski definition) is 5. The van der Waals surface area contributed by atoms with Crippen LogP contribution in [0, 0.1) is 11.7 Å². The van der Waals surface area contributed by atoms with Crippen LogP contribution < -0.4 is 4.74 Å². The van der Waals surface area contributed by atoms with Gasteiger partial charge in [0, 0.05) is 25.1 Å². The maximum absolute atomic E-state index is 13.3. The van der Waals surface area contributed by atoms with Gasteiger partial charge in [0.15, 0.2) is 0 Å². The molecular weight excluding hydrogens is 419 g/mol. The molecule has 1 aliphatic heterocycles. The number of rotatable bonds is 9. The molecule has 2 aromatic rings. The summed E-state index contributed by atoms with van der Waals surface area (Å²) < 4.78 is 24.1. The number of nitrogens with zero attached hydrogens (tertiary/aromatic N) is 2. The highest BCUT2D eigenvalue weighted by atomic mass is 32.1. The highest BCUT2D eigenvalue weighted by molar-refractivity contribution is 7.10. The number of carbonyl (C=O) groups excluding carboxylic acids is 2. The number of hydrogen-bond donors (Lipinski definition) is 0. The largest absolute Gasteiger partial charge is 0.491 e. The lowest BCUT2D eigenvalue weighted by Crippen LogP contribution is -2.48. The van der Waals surface area contributed by atoms with Crippen molar-refractivity contribution in [3.8, 4) is 5.75 Å². The summed E-state index contributed by atoms with van der Waals surface area (Å²) in [4.78, 5) is 30.5. The summed E-state index contributed by atoms with van der Waals surface area (Å²) in [5.41, 5.74) is 1.09. The molecule has 0 radical (unpaired) electrons. The molecule has 0 spiro atoms. The molecule has 2 heterocycles. The van der Waals surface area contributed by atoms with Gasteiger partial charge in [-0.05, 0) is 66.5 Å². The van der Waals surface area contributed by atoms with Crippen LogP contribution in [0.4, 0.5) is 4.39 Å². The van der Waals surface area contributed by atoms with Crippen molar-refractivity contribution in [2.75, 3.05) is 40.0 Å². The maximum Gasteiger partial charge on any atom is 0.249 e. The van der Waals surface area contributed by atoms with E-state index in [0.717, 1.165) is 24.8 Å². The Balaban J connectivity index is 1.48. The first-order valence-electron chi connectivity index (χ1n) is 10.6.